The minimum atomic E-state index is -0.224. The van der Waals surface area contributed by atoms with Gasteiger partial charge in [0.1, 0.15) is 5.75 Å². The monoisotopic (exact) mass is 337 g/mol. The van der Waals surface area contributed by atoms with E-state index in [0.29, 0.717) is 11.3 Å². The fourth-order valence-electron chi connectivity index (χ4n) is 2.16. The molecule has 0 fully saturated rings. The van der Waals surface area contributed by atoms with Crippen molar-refractivity contribution in [2.75, 3.05) is 5.32 Å². The van der Waals surface area contributed by atoms with Crippen LogP contribution in [-0.2, 0) is 0 Å². The maximum Gasteiger partial charge on any atom is 0.255 e. The fourth-order valence-corrected chi connectivity index (χ4v) is 2.16. The van der Waals surface area contributed by atoms with Crippen molar-refractivity contribution in [1.82, 2.24) is 0 Å². The Labute approximate surface area is 151 Å². The summed E-state index contributed by atoms with van der Waals surface area (Å²) in [6, 6.07) is 12.1. The van der Waals surface area contributed by atoms with Crippen LogP contribution in [0.25, 0.3) is 5.57 Å². The van der Waals surface area contributed by atoms with Gasteiger partial charge in [0.05, 0.1) is 0 Å². The predicted octanol–water partition coefficient (Wildman–Crippen LogP) is 5.98. The minimum Gasteiger partial charge on any atom is -0.508 e. The molecule has 2 rings (SSSR count). The van der Waals surface area contributed by atoms with Gasteiger partial charge in [0.2, 0.25) is 0 Å². The second kappa shape index (κ2) is 9.93. The Morgan fingerprint density at radius 1 is 1.08 bits per heavy atom. The molecule has 0 saturated heterocycles. The SMILES string of the molecule is C=C/C=C(\C=C)c1ccc(C(=O)Nc2cc(O)ccc2C)cc1.CC.[HH]. The zero-order valence-corrected chi connectivity index (χ0v) is 15.0. The van der Waals surface area contributed by atoms with Crippen LogP contribution in [0.4, 0.5) is 5.69 Å². The van der Waals surface area contributed by atoms with Gasteiger partial charge in [-0.1, -0.05) is 63.4 Å². The lowest BCUT2D eigenvalue weighted by atomic mass is 10.0. The minimum absolute atomic E-state index is 0. The number of aromatic hydroxyl groups is 1. The number of benzene rings is 2. The number of carbonyl (C=O) groups is 1. The van der Waals surface area contributed by atoms with Gasteiger partial charge < -0.3 is 10.4 Å². The van der Waals surface area contributed by atoms with Crippen molar-refractivity contribution in [2.24, 2.45) is 0 Å². The van der Waals surface area contributed by atoms with Crippen molar-refractivity contribution in [3.05, 3.63) is 90.5 Å². The van der Waals surface area contributed by atoms with Crippen molar-refractivity contribution < 1.29 is 11.3 Å². The highest BCUT2D eigenvalue weighted by Gasteiger charge is 2.09. The van der Waals surface area contributed by atoms with E-state index in [2.05, 4.69) is 18.5 Å². The molecule has 132 valence electrons. The maximum atomic E-state index is 12.3. The van der Waals surface area contributed by atoms with Gasteiger partial charge in [0, 0.05) is 18.7 Å². The van der Waals surface area contributed by atoms with Gasteiger partial charge in [-0.2, -0.15) is 0 Å². The smallest absolute Gasteiger partial charge is 0.255 e. The van der Waals surface area contributed by atoms with Crippen LogP contribution in [0.5, 0.6) is 5.75 Å². The van der Waals surface area contributed by atoms with Crippen molar-refractivity contribution >= 4 is 17.2 Å². The summed E-state index contributed by atoms with van der Waals surface area (Å²) in [6.07, 6.45) is 5.30. The van der Waals surface area contributed by atoms with Gasteiger partial charge in [-0.15, -0.1) is 0 Å². The van der Waals surface area contributed by atoms with Crippen LogP contribution in [0.15, 0.2) is 73.9 Å². The van der Waals surface area contributed by atoms with Gasteiger partial charge in [0.15, 0.2) is 0 Å². The van der Waals surface area contributed by atoms with Crippen molar-refractivity contribution in [1.29, 1.82) is 0 Å². The van der Waals surface area contributed by atoms with Crippen LogP contribution >= 0.6 is 0 Å². The van der Waals surface area contributed by atoms with Crippen LogP contribution in [-0.4, -0.2) is 11.0 Å². The highest BCUT2D eigenvalue weighted by Crippen LogP contribution is 2.22. The number of rotatable bonds is 5. The summed E-state index contributed by atoms with van der Waals surface area (Å²) < 4.78 is 0. The van der Waals surface area contributed by atoms with Crippen LogP contribution in [0.1, 0.15) is 36.8 Å². The van der Waals surface area contributed by atoms with Crippen molar-refractivity contribution in [2.45, 2.75) is 20.8 Å². The molecule has 0 aliphatic heterocycles. The zero-order chi connectivity index (χ0) is 18.8. The molecule has 3 nitrogen and oxygen atoms in total. The molecule has 0 aliphatic rings. The Kier molecular flexibility index (Phi) is 7.94. The highest BCUT2D eigenvalue weighted by atomic mass is 16.3. The molecule has 0 saturated carbocycles. The average molecular weight is 337 g/mol. The molecule has 0 radical (unpaired) electrons. The molecule has 0 spiro atoms. The van der Waals surface area contributed by atoms with E-state index in [1.54, 1.807) is 36.4 Å². The summed E-state index contributed by atoms with van der Waals surface area (Å²) in [5, 5.41) is 12.3. The molecule has 25 heavy (non-hydrogen) atoms. The van der Waals surface area contributed by atoms with Crippen LogP contribution < -0.4 is 5.32 Å². The number of carbonyl (C=O) groups excluding carboxylic acids is 1. The third-order valence-electron chi connectivity index (χ3n) is 3.47. The van der Waals surface area contributed by atoms with E-state index in [-0.39, 0.29) is 13.1 Å². The van der Waals surface area contributed by atoms with Crippen LogP contribution in [0, 0.1) is 6.92 Å². The molecule has 2 aromatic rings. The van der Waals surface area contributed by atoms with E-state index in [1.807, 2.05) is 39.0 Å². The number of phenols is 1. The lowest BCUT2D eigenvalue weighted by Crippen LogP contribution is -2.12. The molecule has 0 aliphatic carbocycles. The number of phenolic OH excluding ortho intramolecular Hbond substituents is 1. The number of hydrogen-bond donors (Lipinski definition) is 2. The van der Waals surface area contributed by atoms with Gasteiger partial charge in [-0.3, -0.25) is 4.79 Å². The molecule has 3 heteroatoms. The summed E-state index contributed by atoms with van der Waals surface area (Å²) >= 11 is 0. The topological polar surface area (TPSA) is 49.3 Å². The van der Waals surface area contributed by atoms with Gasteiger partial charge in [-0.05, 0) is 41.8 Å². The van der Waals surface area contributed by atoms with Gasteiger partial charge in [-0.25, -0.2) is 0 Å². The van der Waals surface area contributed by atoms with Crippen molar-refractivity contribution in [3.63, 3.8) is 0 Å². The summed E-state index contributed by atoms with van der Waals surface area (Å²) in [5.74, 6) is -0.107. The highest BCUT2D eigenvalue weighted by molar-refractivity contribution is 6.05. The fraction of sp³-hybridized carbons (Fsp3) is 0.136. The first kappa shape index (κ1) is 20.0. The number of aryl methyl sites for hydroxylation is 1. The number of amides is 1. The normalized spacial score (nSPS) is 10.3. The summed E-state index contributed by atoms with van der Waals surface area (Å²) in [5.41, 5.74) is 3.92. The van der Waals surface area contributed by atoms with Crippen LogP contribution in [0.3, 0.4) is 0 Å². The van der Waals surface area contributed by atoms with Crippen LogP contribution in [0.2, 0.25) is 0 Å². The Morgan fingerprint density at radius 2 is 1.68 bits per heavy atom. The average Bonchev–Trinajstić information content (AvgIpc) is 2.64. The first-order valence-electron chi connectivity index (χ1n) is 8.21. The third-order valence-corrected chi connectivity index (χ3v) is 3.47. The second-order valence-corrected chi connectivity index (χ2v) is 5.09. The summed E-state index contributed by atoms with van der Waals surface area (Å²) in [4.78, 5) is 12.3. The molecule has 2 aromatic carbocycles. The Bertz CT molecular complexity index is 777. The zero-order valence-electron chi connectivity index (χ0n) is 15.0. The van der Waals surface area contributed by atoms with Gasteiger partial charge in [0.25, 0.3) is 5.91 Å². The number of anilines is 1. The van der Waals surface area contributed by atoms with Crippen molar-refractivity contribution in [3.8, 4) is 5.75 Å². The van der Waals surface area contributed by atoms with E-state index >= 15 is 0 Å². The number of nitrogens with one attached hydrogen (secondary N) is 1. The second-order valence-electron chi connectivity index (χ2n) is 5.09. The van der Waals surface area contributed by atoms with E-state index in [1.165, 1.54) is 6.07 Å². The molecule has 2 N–H and O–H groups in total. The molecular formula is C22H27NO2. The molecule has 0 heterocycles. The van der Waals surface area contributed by atoms with E-state index in [9.17, 15) is 9.90 Å². The number of allylic oxidation sites excluding steroid dienone is 4. The first-order valence-corrected chi connectivity index (χ1v) is 8.21. The first-order chi connectivity index (χ1) is 12.0. The largest absolute Gasteiger partial charge is 0.508 e. The predicted molar refractivity (Wildman–Crippen MR) is 109 cm³/mol. The summed E-state index contributed by atoms with van der Waals surface area (Å²) in [7, 11) is 0. The lowest BCUT2D eigenvalue weighted by molar-refractivity contribution is 0.102. The van der Waals surface area contributed by atoms with E-state index < -0.39 is 0 Å². The number of hydrogen-bond acceptors (Lipinski definition) is 2. The molecule has 0 unspecified atom stereocenters. The summed E-state index contributed by atoms with van der Waals surface area (Å²) in [6.45, 7) is 13.3. The maximum absolute atomic E-state index is 12.3. The Morgan fingerprint density at radius 3 is 2.24 bits per heavy atom. The lowest BCUT2D eigenvalue weighted by Gasteiger charge is -2.09. The molecule has 0 atom stereocenters. The Balaban J connectivity index is 0.00000201. The van der Waals surface area contributed by atoms with E-state index in [4.69, 9.17) is 0 Å². The standard InChI is InChI=1S/C20H19NO2.C2H6.H2/c1-4-6-15(5-2)16-8-10-17(11-9-16)20(23)21-19-13-18(22)12-7-14(19)3;1-2;/h4-13,22H,1-2H2,3H3,(H,21,23);1-2H3;1H/b15-6+;;. The molecule has 1 amide bonds. The molecular weight excluding hydrogens is 310 g/mol. The Hall–Kier alpha value is -3.07. The third kappa shape index (κ3) is 5.50. The quantitative estimate of drug-likeness (QED) is 0.659. The van der Waals surface area contributed by atoms with E-state index in [0.717, 1.165) is 16.7 Å². The molecule has 0 bridgehead atoms. The molecule has 0 aromatic heterocycles. The van der Waals surface area contributed by atoms with Gasteiger partial charge >= 0.3 is 0 Å².